The maximum absolute atomic E-state index is 13.8. The summed E-state index contributed by atoms with van der Waals surface area (Å²) in [6, 6.07) is 4.30. The van der Waals surface area contributed by atoms with Crippen LogP contribution >= 0.6 is 43.2 Å². The van der Waals surface area contributed by atoms with Crippen LogP contribution < -0.4 is 20.1 Å². The fourth-order valence-corrected chi connectivity index (χ4v) is 23.2. The number of aryl methyl sites for hydroxylation is 1. The Labute approximate surface area is 433 Å². The number of aliphatic hydroxyl groups excluding tert-OH is 4. The molecule has 4 aliphatic heterocycles. The topological polar surface area (TPSA) is 213 Å². The van der Waals surface area contributed by atoms with Crippen molar-refractivity contribution in [2.45, 2.75) is 156 Å². The van der Waals surface area contributed by atoms with E-state index in [-0.39, 0.29) is 78.3 Å². The van der Waals surface area contributed by atoms with Crippen molar-refractivity contribution in [3.8, 4) is 11.5 Å². The number of aliphatic hydroxyl groups is 6. The number of esters is 1. The molecule has 8 bridgehead atoms. The smallest absolute Gasteiger partial charge is 0.306 e. The summed E-state index contributed by atoms with van der Waals surface area (Å²) in [7, 11) is 9.63. The minimum absolute atomic E-state index is 0.00273. The number of allylic oxidation sites excluding steroid dienone is 1. The van der Waals surface area contributed by atoms with Crippen molar-refractivity contribution in [1.29, 1.82) is 0 Å². The van der Waals surface area contributed by atoms with E-state index < -0.39 is 71.7 Å². The van der Waals surface area contributed by atoms with E-state index >= 15 is 0 Å². The maximum Gasteiger partial charge on any atom is 0.306 e. The van der Waals surface area contributed by atoms with E-state index in [9.17, 15) is 35.4 Å². The quantitative estimate of drug-likeness (QED) is 0.0912. The molecular weight excluding hydrogens is 985 g/mol. The molecule has 11 rings (SSSR count). The number of nitrogens with one attached hydrogen (secondary N) is 2. The number of hydrogen-bond acceptors (Lipinski definition) is 18. The fraction of sp³-hybridized carbons (Fsp3) is 0.792. The Morgan fingerprint density at radius 3 is 2.62 bits per heavy atom. The van der Waals surface area contributed by atoms with Crippen LogP contribution in [0.4, 0.5) is 0 Å². The summed E-state index contributed by atoms with van der Waals surface area (Å²) in [5.41, 5.74) is -5.53. The Kier molecular flexibility index (Phi) is 14.7. The van der Waals surface area contributed by atoms with Crippen LogP contribution in [0.2, 0.25) is 0 Å². The second kappa shape index (κ2) is 20.2. The molecule has 0 radical (unpaired) electrons. The lowest BCUT2D eigenvalue weighted by atomic mass is 9.50. The van der Waals surface area contributed by atoms with Gasteiger partial charge in [0.25, 0.3) is 0 Å². The molecule has 394 valence electrons. The molecule has 8 N–H and O–H groups in total. The van der Waals surface area contributed by atoms with Gasteiger partial charge in [-0.15, -0.1) is 0 Å². The summed E-state index contributed by atoms with van der Waals surface area (Å²) >= 11 is 0. The molecule has 0 amide bonds. The van der Waals surface area contributed by atoms with Gasteiger partial charge in [-0.2, -0.15) is 0 Å². The van der Waals surface area contributed by atoms with E-state index in [0.29, 0.717) is 59.2 Å². The third-order valence-corrected chi connectivity index (χ3v) is 25.6. The molecule has 1 aromatic heterocycles. The van der Waals surface area contributed by atoms with E-state index in [1.807, 2.05) is 44.5 Å². The molecule has 5 aliphatic carbocycles. The van der Waals surface area contributed by atoms with Crippen molar-refractivity contribution in [3.63, 3.8) is 0 Å². The monoisotopic (exact) mass is 1060 g/mol. The van der Waals surface area contributed by atoms with E-state index in [1.54, 1.807) is 36.1 Å². The second-order valence-electron chi connectivity index (χ2n) is 23.1. The van der Waals surface area contributed by atoms with Gasteiger partial charge >= 0.3 is 5.97 Å². The van der Waals surface area contributed by atoms with Gasteiger partial charge in [-0.3, -0.25) is 4.79 Å². The Morgan fingerprint density at radius 1 is 0.972 bits per heavy atom. The minimum Gasteiger partial charge on any atom is -0.485 e. The Morgan fingerprint density at radius 2 is 1.80 bits per heavy atom. The number of carbonyl (C=O) groups excluding carboxylic acids is 1. The molecule has 3 saturated heterocycles. The summed E-state index contributed by atoms with van der Waals surface area (Å²) in [5, 5.41) is 84.8. The molecule has 7 fully saturated rings. The zero-order valence-corrected chi connectivity index (χ0v) is 44.6. The number of fused-ring (bicyclic) bond motifs is 17. The molecule has 19 unspecified atom stereocenters. The number of benzene rings is 1. The predicted molar refractivity (Wildman–Crippen MR) is 278 cm³/mol. The van der Waals surface area contributed by atoms with Gasteiger partial charge in [-0.25, -0.2) is 0 Å². The highest BCUT2D eigenvalue weighted by Crippen LogP contribution is 2.70. The number of hydrogen-bond donors (Lipinski definition) is 8. The van der Waals surface area contributed by atoms with E-state index in [1.165, 1.54) is 25.7 Å². The minimum atomic E-state index is -2.46. The molecule has 1 aromatic carbocycles. The second-order valence-corrected chi connectivity index (χ2v) is 28.4. The van der Waals surface area contributed by atoms with Crippen LogP contribution in [0.25, 0.3) is 11.0 Å². The average molecular weight is 1060 g/mol. The van der Waals surface area contributed by atoms with Crippen LogP contribution in [0, 0.1) is 52.8 Å². The van der Waals surface area contributed by atoms with E-state index in [2.05, 4.69) is 24.6 Å². The molecule has 14 nitrogen and oxygen atoms in total. The summed E-state index contributed by atoms with van der Waals surface area (Å²) in [4.78, 5) is 13.0. The first-order valence-corrected chi connectivity index (χ1v) is 31.4. The number of ether oxygens (including phenoxy) is 4. The van der Waals surface area contributed by atoms with Crippen molar-refractivity contribution in [3.05, 3.63) is 36.1 Å². The van der Waals surface area contributed by atoms with E-state index in [4.69, 9.17) is 23.4 Å². The number of rotatable bonds is 6. The van der Waals surface area contributed by atoms with Crippen LogP contribution in [0.5, 0.6) is 11.5 Å². The van der Waals surface area contributed by atoms with Gasteiger partial charge in [0, 0.05) is 70.9 Å². The molecule has 5 heterocycles. The third-order valence-electron chi connectivity index (χ3n) is 19.7. The third kappa shape index (κ3) is 8.56. The van der Waals surface area contributed by atoms with Crippen LogP contribution in [-0.2, 0) is 20.7 Å². The van der Waals surface area contributed by atoms with E-state index in [0.717, 1.165) is 37.2 Å². The highest BCUT2D eigenvalue weighted by Gasteiger charge is 2.78. The van der Waals surface area contributed by atoms with Crippen molar-refractivity contribution in [1.82, 2.24) is 10.6 Å². The molecule has 71 heavy (non-hydrogen) atoms. The zero-order chi connectivity index (χ0) is 49.5. The Bertz CT molecular complexity index is 2290. The SMILES string of the molecule is CCOC(=O)CCc1cc2ccoc2c2c1OC1OC3(CSSC45CC(CSSCC(CCC3O)C(C)CCC4NCCO2)C2(CC3CCC(NC)C3C2)C5)C2(O)CC3C=CC(O)C(CO)C3C1(O)C2O. The van der Waals surface area contributed by atoms with Gasteiger partial charge in [0.05, 0.1) is 25.1 Å². The standard InChI is InChI=1S/C53H76N2O12S4/c1-4-63-42(59)14-9-30-19-31-15-17-64-44(31)46-45(30)66-48-53(62)43-33(7-11-39(57)37(43)24-56)21-51(61,47(53)60)52(67-48)28-70-71-50-22-35(49(27-50)20-32-6-10-38(54-3)36(32)23-49)26-69-68-25-34(8-13-41(52)58)29(2)5-12-40(50)55-16-18-65-46/h7,11,15,17,19,29,32-41,43,47-48,54-58,60-62H,4-6,8-10,12-14,16,18,20-28H2,1-3H3. The lowest BCUT2D eigenvalue weighted by Gasteiger charge is -2.67. The summed E-state index contributed by atoms with van der Waals surface area (Å²) in [5.74, 6) is 1.74. The molecule has 9 aliphatic rings. The first kappa shape index (κ1) is 51.7. The maximum atomic E-state index is 13.8. The van der Waals surface area contributed by atoms with Crippen molar-refractivity contribution < 1.29 is 58.8 Å². The van der Waals surface area contributed by atoms with Crippen LogP contribution in [-0.4, -0.2) is 146 Å². The first-order valence-electron chi connectivity index (χ1n) is 26.6. The number of carbonyl (C=O) groups is 1. The van der Waals surface area contributed by atoms with Crippen LogP contribution in [0.15, 0.2) is 35.0 Å². The zero-order valence-electron chi connectivity index (χ0n) is 41.4. The van der Waals surface area contributed by atoms with Gasteiger partial charge in [-0.05, 0) is 150 Å². The Balaban J connectivity index is 1.10. The van der Waals surface area contributed by atoms with Gasteiger partial charge in [-0.1, -0.05) is 62.3 Å². The highest BCUT2D eigenvalue weighted by atomic mass is 33.1. The largest absolute Gasteiger partial charge is 0.485 e. The van der Waals surface area contributed by atoms with Gasteiger partial charge in [0.2, 0.25) is 12.0 Å². The fourth-order valence-electron chi connectivity index (χ4n) is 16.1. The van der Waals surface area contributed by atoms with Crippen molar-refractivity contribution >= 4 is 60.1 Å². The molecule has 2 aromatic rings. The molecule has 3 spiro atoms. The molecule has 19 atom stereocenters. The average Bonchev–Trinajstić information content (AvgIpc) is 4.13. The summed E-state index contributed by atoms with van der Waals surface area (Å²) in [6.07, 6.45) is 8.59. The van der Waals surface area contributed by atoms with Gasteiger partial charge in [0.1, 0.15) is 23.9 Å². The molecular formula is C53H76N2O12S4. The predicted octanol–water partition coefficient (Wildman–Crippen LogP) is 6.26. The highest BCUT2D eigenvalue weighted by molar-refractivity contribution is 8.77. The summed E-state index contributed by atoms with van der Waals surface area (Å²) in [6.45, 7) is 4.53. The van der Waals surface area contributed by atoms with Crippen LogP contribution in [0.3, 0.4) is 0 Å². The van der Waals surface area contributed by atoms with Crippen molar-refractivity contribution in [2.24, 2.45) is 52.8 Å². The lowest BCUT2D eigenvalue weighted by molar-refractivity contribution is -0.424. The van der Waals surface area contributed by atoms with Crippen LogP contribution in [0.1, 0.15) is 96.5 Å². The number of furan rings is 1. The van der Waals surface area contributed by atoms with Gasteiger partial charge < -0.3 is 64.6 Å². The molecule has 4 saturated carbocycles. The van der Waals surface area contributed by atoms with Crippen molar-refractivity contribution in [2.75, 3.05) is 50.7 Å². The molecule has 18 heteroatoms. The van der Waals surface area contributed by atoms with Gasteiger partial charge in [0.15, 0.2) is 16.9 Å². The first-order chi connectivity index (χ1) is 34.2. The Hall–Kier alpha value is -1.39. The lowest BCUT2D eigenvalue weighted by Crippen LogP contribution is -2.86. The normalized spacial score (nSPS) is 46.5. The summed E-state index contributed by atoms with van der Waals surface area (Å²) < 4.78 is 32.7.